The highest BCUT2D eigenvalue weighted by Gasteiger charge is 2.31. The predicted molar refractivity (Wildman–Crippen MR) is 106 cm³/mol. The Labute approximate surface area is 161 Å². The van der Waals surface area contributed by atoms with Gasteiger partial charge in [-0.25, -0.2) is 4.98 Å². The van der Waals surface area contributed by atoms with Gasteiger partial charge in [0, 0.05) is 19.3 Å². The van der Waals surface area contributed by atoms with Crippen LogP contribution in [0.3, 0.4) is 0 Å². The second-order valence-corrected chi connectivity index (χ2v) is 6.61. The maximum atomic E-state index is 11.6. The number of hydrogen-bond donors (Lipinski definition) is 1. The van der Waals surface area contributed by atoms with E-state index in [4.69, 9.17) is 11.6 Å². The fourth-order valence-electron chi connectivity index (χ4n) is 2.67. The summed E-state index contributed by atoms with van der Waals surface area (Å²) >= 11 is 5.80. The number of aryl methyl sites for hydroxylation is 2. The zero-order valence-corrected chi connectivity index (χ0v) is 15.8. The number of rotatable bonds is 5. The van der Waals surface area contributed by atoms with Gasteiger partial charge in [0.1, 0.15) is 5.15 Å². The van der Waals surface area contributed by atoms with Gasteiger partial charge in [0.25, 0.3) is 0 Å². The summed E-state index contributed by atoms with van der Waals surface area (Å²) in [7, 11) is 0. The van der Waals surface area contributed by atoms with Gasteiger partial charge in [-0.2, -0.15) is 5.43 Å². The molecule has 140 valence electrons. The van der Waals surface area contributed by atoms with Gasteiger partial charge in [-0.15, -0.1) is 0 Å². The molecule has 3 rings (SSSR count). The lowest BCUT2D eigenvalue weighted by Crippen LogP contribution is -2.37. The van der Waals surface area contributed by atoms with Crippen LogP contribution in [0, 0.1) is 24.0 Å². The molecule has 9 heteroatoms. The van der Waals surface area contributed by atoms with Crippen molar-refractivity contribution in [2.75, 3.05) is 18.5 Å². The van der Waals surface area contributed by atoms with Crippen LogP contribution in [0.25, 0.3) is 0 Å². The van der Waals surface area contributed by atoms with Crippen molar-refractivity contribution in [1.29, 1.82) is 0 Å². The number of nitrogens with one attached hydrogen (secondary N) is 1. The van der Waals surface area contributed by atoms with Crippen LogP contribution in [-0.2, 0) is 6.54 Å². The average molecular weight is 387 g/mol. The molecule has 0 atom stereocenters. The molecule has 0 saturated heterocycles. The molecule has 0 saturated carbocycles. The van der Waals surface area contributed by atoms with Gasteiger partial charge < -0.3 is 15.0 Å². The Morgan fingerprint density at radius 2 is 2.15 bits per heavy atom. The lowest BCUT2D eigenvalue weighted by molar-refractivity contribution is -0.346. The van der Waals surface area contributed by atoms with Crippen LogP contribution in [0.15, 0.2) is 46.6 Å². The van der Waals surface area contributed by atoms with Gasteiger partial charge in [0.15, 0.2) is 0 Å². The van der Waals surface area contributed by atoms with Gasteiger partial charge in [-0.05, 0) is 53.7 Å². The fourth-order valence-corrected chi connectivity index (χ4v) is 2.78. The first-order valence-corrected chi connectivity index (χ1v) is 8.77. The molecule has 0 bridgehead atoms. The molecule has 0 amide bonds. The third-order valence-corrected chi connectivity index (χ3v) is 4.49. The summed E-state index contributed by atoms with van der Waals surface area (Å²) in [4.78, 5) is 21.2. The van der Waals surface area contributed by atoms with Crippen molar-refractivity contribution in [3.05, 3.63) is 68.5 Å². The summed E-state index contributed by atoms with van der Waals surface area (Å²) in [5.74, 6) is -0.0565. The number of amidine groups is 2. The minimum Gasteiger partial charge on any atom is -0.358 e. The van der Waals surface area contributed by atoms with E-state index in [0.717, 1.165) is 16.7 Å². The van der Waals surface area contributed by atoms with Crippen LogP contribution in [0.1, 0.15) is 16.7 Å². The minimum absolute atomic E-state index is 0.256. The van der Waals surface area contributed by atoms with Crippen molar-refractivity contribution in [2.45, 2.75) is 20.4 Å². The number of aliphatic imine (C=N–C) groups is 1. The van der Waals surface area contributed by atoms with E-state index >= 15 is 0 Å². The number of hydrazone groups is 1. The highest BCUT2D eigenvalue weighted by molar-refractivity contribution is 6.37. The molecule has 0 spiro atoms. The van der Waals surface area contributed by atoms with Gasteiger partial charge in [0.2, 0.25) is 5.84 Å². The van der Waals surface area contributed by atoms with Crippen LogP contribution >= 0.6 is 11.6 Å². The largest absolute Gasteiger partial charge is 0.430 e. The van der Waals surface area contributed by atoms with Gasteiger partial charge in [0.05, 0.1) is 17.3 Å². The quantitative estimate of drug-likeness (QED) is 0.280. The van der Waals surface area contributed by atoms with Crippen LogP contribution in [0.4, 0.5) is 5.69 Å². The fraction of sp³-hybridized carbons (Fsp3) is 0.278. The molecular weight excluding hydrogens is 368 g/mol. The zero-order valence-electron chi connectivity index (χ0n) is 15.0. The Kier molecular flexibility index (Phi) is 5.66. The van der Waals surface area contributed by atoms with E-state index in [9.17, 15) is 10.1 Å². The van der Waals surface area contributed by atoms with E-state index < -0.39 is 4.92 Å². The summed E-state index contributed by atoms with van der Waals surface area (Å²) in [6.07, 6.45) is 1.65. The average Bonchev–Trinajstić information content (AvgIpc) is 3.08. The number of pyridine rings is 1. The standard InChI is InChI=1S/C18H19ClN6O2/c1-12-3-5-15(9-13(12)2)22-23-18(25(26)27)17-20-7-8-24(17)11-14-4-6-16(19)21-10-14/h3-6,9-10,22H,7-8,11H2,1-2H3/b23-18-. The van der Waals surface area contributed by atoms with E-state index in [1.54, 1.807) is 12.3 Å². The highest BCUT2D eigenvalue weighted by Crippen LogP contribution is 2.15. The molecule has 2 heterocycles. The molecule has 1 N–H and O–H groups in total. The van der Waals surface area contributed by atoms with Gasteiger partial charge in [-0.1, -0.05) is 23.7 Å². The van der Waals surface area contributed by atoms with Crippen LogP contribution in [0.5, 0.6) is 0 Å². The summed E-state index contributed by atoms with van der Waals surface area (Å²) in [5.41, 5.74) is 6.56. The maximum absolute atomic E-state index is 11.6. The molecule has 1 aliphatic rings. The third kappa shape index (κ3) is 4.59. The van der Waals surface area contributed by atoms with Crippen molar-refractivity contribution in [3.8, 4) is 0 Å². The molecule has 1 aliphatic heterocycles. The lowest BCUT2D eigenvalue weighted by atomic mass is 10.1. The number of anilines is 1. The molecule has 27 heavy (non-hydrogen) atoms. The van der Waals surface area contributed by atoms with Crippen molar-refractivity contribution < 1.29 is 4.92 Å². The normalized spacial score (nSPS) is 14.3. The molecule has 1 aromatic heterocycles. The first-order valence-electron chi connectivity index (χ1n) is 8.39. The number of benzene rings is 1. The van der Waals surface area contributed by atoms with Gasteiger partial charge >= 0.3 is 5.84 Å². The SMILES string of the molecule is Cc1ccc(N/N=C(/C2=NCCN2Cc2ccc(Cl)nc2)[N+](=O)[O-])cc1C. The molecule has 8 nitrogen and oxygen atoms in total. The first kappa shape index (κ1) is 18.8. The van der Waals surface area contributed by atoms with Crippen molar-refractivity contribution in [3.63, 3.8) is 0 Å². The minimum atomic E-state index is -0.523. The van der Waals surface area contributed by atoms with E-state index in [0.29, 0.717) is 30.5 Å². The van der Waals surface area contributed by atoms with E-state index in [-0.39, 0.29) is 11.7 Å². The number of nitro groups is 1. The predicted octanol–water partition coefficient (Wildman–Crippen LogP) is 3.27. The van der Waals surface area contributed by atoms with Gasteiger partial charge in [-0.3, -0.25) is 4.99 Å². The Hall–Kier alpha value is -3.00. The van der Waals surface area contributed by atoms with Crippen molar-refractivity contribution >= 4 is 29.0 Å². The Bertz CT molecular complexity index is 911. The lowest BCUT2D eigenvalue weighted by Gasteiger charge is -2.18. The first-order chi connectivity index (χ1) is 12.9. The second-order valence-electron chi connectivity index (χ2n) is 6.22. The van der Waals surface area contributed by atoms with Crippen molar-refractivity contribution in [2.24, 2.45) is 10.1 Å². The Morgan fingerprint density at radius 1 is 1.33 bits per heavy atom. The second kappa shape index (κ2) is 8.13. The molecule has 0 unspecified atom stereocenters. The summed E-state index contributed by atoms with van der Waals surface area (Å²) < 4.78 is 0. The number of nitrogens with zero attached hydrogens (tertiary/aromatic N) is 5. The molecule has 0 radical (unpaired) electrons. The Balaban J connectivity index is 1.79. The topological polar surface area (TPSA) is 96.0 Å². The van der Waals surface area contributed by atoms with E-state index in [1.807, 2.05) is 43.0 Å². The van der Waals surface area contributed by atoms with Crippen LogP contribution < -0.4 is 5.43 Å². The van der Waals surface area contributed by atoms with E-state index in [1.165, 1.54) is 0 Å². The summed E-state index contributed by atoms with van der Waals surface area (Å²) in [6, 6.07) is 9.18. The van der Waals surface area contributed by atoms with E-state index in [2.05, 4.69) is 20.5 Å². The van der Waals surface area contributed by atoms with Crippen molar-refractivity contribution in [1.82, 2.24) is 9.88 Å². The molecule has 1 aromatic carbocycles. The molecule has 0 aliphatic carbocycles. The number of aromatic nitrogens is 1. The smallest absolute Gasteiger partial charge is 0.358 e. The molecular formula is C18H19ClN6O2. The number of halogens is 1. The number of hydrogen-bond acceptors (Lipinski definition) is 7. The molecule has 2 aromatic rings. The monoisotopic (exact) mass is 386 g/mol. The van der Waals surface area contributed by atoms with Crippen LogP contribution in [0.2, 0.25) is 5.15 Å². The Morgan fingerprint density at radius 3 is 2.81 bits per heavy atom. The summed E-state index contributed by atoms with van der Waals surface area (Å²) in [5, 5.41) is 16.0. The zero-order chi connectivity index (χ0) is 19.4. The van der Waals surface area contributed by atoms with Crippen LogP contribution in [-0.4, -0.2) is 39.6 Å². The highest BCUT2D eigenvalue weighted by atomic mass is 35.5. The summed E-state index contributed by atoms with van der Waals surface area (Å²) in [6.45, 7) is 5.48. The maximum Gasteiger partial charge on any atom is 0.430 e. The molecule has 0 fully saturated rings. The third-order valence-electron chi connectivity index (χ3n) is 4.26.